The van der Waals surface area contributed by atoms with Crippen LogP contribution in [0.1, 0.15) is 23.7 Å². The fourth-order valence-corrected chi connectivity index (χ4v) is 4.74. The van der Waals surface area contributed by atoms with Crippen LogP contribution in [0.25, 0.3) is 22.0 Å². The van der Waals surface area contributed by atoms with Crippen molar-refractivity contribution in [3.8, 4) is 22.0 Å². The Labute approximate surface area is 133 Å². The van der Waals surface area contributed by atoms with E-state index < -0.39 is 0 Å². The molecule has 2 aromatic carbocycles. The Morgan fingerprint density at radius 2 is 1.32 bits per heavy atom. The lowest BCUT2D eigenvalue weighted by atomic mass is 9.94. The highest BCUT2D eigenvalue weighted by Crippen LogP contribution is 2.43. The van der Waals surface area contributed by atoms with Crippen LogP contribution in [0.2, 0.25) is 0 Å². The Hall–Kier alpha value is -1.91. The molecule has 0 N–H and O–H groups in total. The quantitative estimate of drug-likeness (QED) is 0.508. The third-order valence-electron chi connectivity index (χ3n) is 4.43. The number of fused-ring (bicyclic) bond motifs is 1. The Morgan fingerprint density at radius 3 is 2.05 bits per heavy atom. The zero-order valence-corrected chi connectivity index (χ0v) is 13.5. The summed E-state index contributed by atoms with van der Waals surface area (Å²) < 4.78 is 0. The molecule has 0 fully saturated rings. The van der Waals surface area contributed by atoms with Gasteiger partial charge in [-0.3, -0.25) is 0 Å². The standard InChI is InChI=1S/C21H19P/c1-3-9-16(10-4-1)19-15-18-13-7-8-14-20(18)22-21(19)17-11-5-2-6-12-17/h1-6,9-12,15H,7-8,13-14H2. The summed E-state index contributed by atoms with van der Waals surface area (Å²) in [4.78, 5) is 0. The van der Waals surface area contributed by atoms with Gasteiger partial charge in [0.2, 0.25) is 0 Å². The fourth-order valence-electron chi connectivity index (χ4n) is 3.29. The maximum atomic E-state index is 2.46. The lowest BCUT2D eigenvalue weighted by molar-refractivity contribution is 0.696. The first kappa shape index (κ1) is 13.7. The van der Waals surface area contributed by atoms with E-state index in [1.54, 1.807) is 10.9 Å². The van der Waals surface area contributed by atoms with E-state index in [1.807, 2.05) is 0 Å². The molecule has 0 aliphatic heterocycles. The van der Waals surface area contributed by atoms with Crippen LogP contribution in [0.15, 0.2) is 66.7 Å². The molecular weight excluding hydrogens is 283 g/mol. The van der Waals surface area contributed by atoms with Crippen molar-refractivity contribution in [3.63, 3.8) is 0 Å². The number of hydrogen-bond donors (Lipinski definition) is 0. The summed E-state index contributed by atoms with van der Waals surface area (Å²) in [7, 11) is 1.42. The maximum Gasteiger partial charge on any atom is 0.0171 e. The van der Waals surface area contributed by atoms with Crippen LogP contribution < -0.4 is 0 Å². The summed E-state index contributed by atoms with van der Waals surface area (Å²) in [5, 5.41) is 3.11. The summed E-state index contributed by atoms with van der Waals surface area (Å²) in [5.41, 5.74) is 5.70. The SMILES string of the molecule is c1ccc(-c2cc3c(pc2-c2ccccc2)CCCC3)cc1. The molecule has 0 amide bonds. The van der Waals surface area contributed by atoms with Gasteiger partial charge in [0.25, 0.3) is 0 Å². The molecule has 1 aliphatic carbocycles. The number of hydrogen-bond acceptors (Lipinski definition) is 0. The minimum Gasteiger partial charge on any atom is -0.0633 e. The van der Waals surface area contributed by atoms with Gasteiger partial charge in [0, 0.05) is 5.30 Å². The molecule has 3 aromatic rings. The number of benzene rings is 2. The molecule has 22 heavy (non-hydrogen) atoms. The molecule has 1 aliphatic rings. The van der Waals surface area contributed by atoms with Gasteiger partial charge in [0.1, 0.15) is 0 Å². The van der Waals surface area contributed by atoms with Crippen LogP contribution in [-0.2, 0) is 12.8 Å². The van der Waals surface area contributed by atoms with Crippen molar-refractivity contribution in [2.45, 2.75) is 25.7 Å². The molecule has 4 rings (SSSR count). The highest BCUT2D eigenvalue weighted by atomic mass is 31.0. The van der Waals surface area contributed by atoms with Gasteiger partial charge in [-0.15, -0.1) is 0 Å². The molecule has 1 heterocycles. The summed E-state index contributed by atoms with van der Waals surface area (Å²) in [6.07, 6.45) is 5.21. The van der Waals surface area contributed by atoms with Crippen LogP contribution in [-0.4, -0.2) is 0 Å². The van der Waals surface area contributed by atoms with Crippen molar-refractivity contribution in [3.05, 3.63) is 77.6 Å². The fraction of sp³-hybridized carbons (Fsp3) is 0.190. The first-order valence-electron chi connectivity index (χ1n) is 8.05. The second-order valence-corrected chi connectivity index (χ2v) is 7.14. The van der Waals surface area contributed by atoms with Gasteiger partial charge in [-0.05, 0) is 59.3 Å². The number of aryl methyl sites for hydroxylation is 2. The van der Waals surface area contributed by atoms with Crippen LogP contribution >= 0.6 is 8.19 Å². The van der Waals surface area contributed by atoms with Gasteiger partial charge in [-0.25, -0.2) is 0 Å². The van der Waals surface area contributed by atoms with E-state index in [1.165, 1.54) is 55.9 Å². The van der Waals surface area contributed by atoms with Gasteiger partial charge >= 0.3 is 0 Å². The summed E-state index contributed by atoms with van der Waals surface area (Å²) in [5.74, 6) is 0. The van der Waals surface area contributed by atoms with Crippen molar-refractivity contribution in [2.75, 3.05) is 0 Å². The second kappa shape index (κ2) is 6.07. The summed E-state index contributed by atoms with van der Waals surface area (Å²) in [6, 6.07) is 24.2. The largest absolute Gasteiger partial charge is 0.0633 e. The van der Waals surface area contributed by atoms with E-state index >= 15 is 0 Å². The predicted molar refractivity (Wildman–Crippen MR) is 96.5 cm³/mol. The average Bonchev–Trinajstić information content (AvgIpc) is 2.62. The molecule has 0 atom stereocenters. The lowest BCUT2D eigenvalue weighted by Crippen LogP contribution is -2.01. The highest BCUT2D eigenvalue weighted by Gasteiger charge is 2.16. The molecule has 0 spiro atoms. The lowest BCUT2D eigenvalue weighted by Gasteiger charge is -2.19. The van der Waals surface area contributed by atoms with Crippen molar-refractivity contribution < 1.29 is 0 Å². The van der Waals surface area contributed by atoms with Crippen molar-refractivity contribution in [1.82, 2.24) is 0 Å². The molecule has 0 bridgehead atoms. The molecule has 1 aromatic heterocycles. The van der Waals surface area contributed by atoms with Crippen LogP contribution in [0.3, 0.4) is 0 Å². The molecule has 0 radical (unpaired) electrons. The van der Waals surface area contributed by atoms with Gasteiger partial charge in [0.15, 0.2) is 0 Å². The average molecular weight is 302 g/mol. The molecule has 1 heteroatoms. The second-order valence-electron chi connectivity index (χ2n) is 5.93. The summed E-state index contributed by atoms with van der Waals surface area (Å²) >= 11 is 0. The Morgan fingerprint density at radius 1 is 0.682 bits per heavy atom. The van der Waals surface area contributed by atoms with E-state index in [0.717, 1.165) is 0 Å². The van der Waals surface area contributed by atoms with Crippen LogP contribution in [0.5, 0.6) is 0 Å². The van der Waals surface area contributed by atoms with E-state index in [9.17, 15) is 0 Å². The molecule has 0 saturated carbocycles. The first-order valence-corrected chi connectivity index (χ1v) is 8.95. The minimum atomic E-state index is 1.25. The van der Waals surface area contributed by atoms with Gasteiger partial charge < -0.3 is 0 Å². The monoisotopic (exact) mass is 302 g/mol. The van der Waals surface area contributed by atoms with E-state index in [2.05, 4.69) is 66.7 Å². The molecule has 0 unspecified atom stereocenters. The number of rotatable bonds is 2. The third kappa shape index (κ3) is 2.60. The topological polar surface area (TPSA) is 0 Å². The van der Waals surface area contributed by atoms with E-state index in [4.69, 9.17) is 0 Å². The Balaban J connectivity index is 1.95. The zero-order chi connectivity index (χ0) is 14.8. The van der Waals surface area contributed by atoms with Crippen molar-refractivity contribution in [2.24, 2.45) is 0 Å². The van der Waals surface area contributed by atoms with Gasteiger partial charge in [-0.2, -0.15) is 0 Å². The maximum absolute atomic E-state index is 2.46. The van der Waals surface area contributed by atoms with Crippen LogP contribution in [0, 0.1) is 0 Å². The Bertz CT molecular complexity index is 707. The van der Waals surface area contributed by atoms with Gasteiger partial charge in [0.05, 0.1) is 0 Å². The van der Waals surface area contributed by atoms with E-state index in [0.29, 0.717) is 0 Å². The van der Waals surface area contributed by atoms with Crippen molar-refractivity contribution >= 4 is 8.19 Å². The Kier molecular flexibility index (Phi) is 3.79. The first-order chi connectivity index (χ1) is 10.9. The molecular formula is C21H19P. The van der Waals surface area contributed by atoms with Crippen molar-refractivity contribution in [1.29, 1.82) is 0 Å². The summed E-state index contributed by atoms with van der Waals surface area (Å²) in [6.45, 7) is 0. The predicted octanol–water partition coefficient (Wildman–Crippen LogP) is 6.48. The van der Waals surface area contributed by atoms with Crippen LogP contribution in [0.4, 0.5) is 0 Å². The van der Waals surface area contributed by atoms with E-state index in [-0.39, 0.29) is 0 Å². The zero-order valence-electron chi connectivity index (χ0n) is 12.6. The molecule has 0 nitrogen and oxygen atoms in total. The third-order valence-corrected chi connectivity index (χ3v) is 5.94. The van der Waals surface area contributed by atoms with Gasteiger partial charge in [-0.1, -0.05) is 68.9 Å². The molecule has 108 valence electrons. The molecule has 0 saturated heterocycles. The smallest absolute Gasteiger partial charge is 0.0171 e. The minimum absolute atomic E-state index is 1.25. The highest BCUT2D eigenvalue weighted by molar-refractivity contribution is 7.35. The normalized spacial score (nSPS) is 14.0.